The molecule has 0 radical (unpaired) electrons. The van der Waals surface area contributed by atoms with E-state index in [1.165, 1.54) is 33.4 Å². The van der Waals surface area contributed by atoms with Crippen LogP contribution in [0.1, 0.15) is 11.1 Å². The first-order chi connectivity index (χ1) is 12.7. The maximum absolute atomic E-state index is 2.20. The van der Waals surface area contributed by atoms with Crippen LogP contribution in [-0.2, 0) is 0 Å². The van der Waals surface area contributed by atoms with Crippen LogP contribution in [0.4, 0.5) is 0 Å². The van der Waals surface area contributed by atoms with Crippen LogP contribution in [0, 0.1) is 13.8 Å². The molecule has 0 spiro atoms. The molecule has 128 valence electrons. The smallest absolute Gasteiger partial charge is 0.0181 e. The fraction of sp³-hybridized carbons (Fsp3) is 0.0769. The summed E-state index contributed by atoms with van der Waals surface area (Å²) in [4.78, 5) is 0. The lowest BCUT2D eigenvalue weighted by Gasteiger charge is -2.01. The van der Waals surface area contributed by atoms with Crippen LogP contribution in [0.15, 0.2) is 109 Å². The van der Waals surface area contributed by atoms with Crippen LogP contribution in [0.25, 0.3) is 22.3 Å². The van der Waals surface area contributed by atoms with Crippen molar-refractivity contribution in [1.82, 2.24) is 0 Å². The quantitative estimate of drug-likeness (QED) is 0.359. The summed E-state index contributed by atoms with van der Waals surface area (Å²) in [5.74, 6) is 0. The normalized spacial score (nSPS) is 9.92. The molecule has 4 aromatic rings. The van der Waals surface area contributed by atoms with Crippen LogP contribution < -0.4 is 0 Å². The third-order valence-corrected chi connectivity index (χ3v) is 4.28. The molecule has 0 heterocycles. The molecule has 0 saturated carbocycles. The van der Waals surface area contributed by atoms with Crippen LogP contribution in [0.3, 0.4) is 0 Å². The van der Waals surface area contributed by atoms with Crippen molar-refractivity contribution in [2.24, 2.45) is 0 Å². The van der Waals surface area contributed by atoms with Crippen molar-refractivity contribution < 1.29 is 0 Å². The Morgan fingerprint density at radius 1 is 0.346 bits per heavy atom. The van der Waals surface area contributed by atoms with Crippen molar-refractivity contribution in [2.75, 3.05) is 0 Å². The van der Waals surface area contributed by atoms with Gasteiger partial charge in [0.1, 0.15) is 0 Å². The van der Waals surface area contributed by atoms with Crippen molar-refractivity contribution in [2.45, 2.75) is 13.8 Å². The zero-order chi connectivity index (χ0) is 18.2. The first kappa shape index (κ1) is 17.7. The molecule has 0 N–H and O–H groups in total. The molecule has 4 rings (SSSR count). The van der Waals surface area contributed by atoms with Crippen molar-refractivity contribution in [3.05, 3.63) is 120 Å². The highest BCUT2D eigenvalue weighted by molar-refractivity contribution is 5.64. The minimum absolute atomic E-state index is 1.28. The first-order valence-corrected chi connectivity index (χ1v) is 8.96. The highest BCUT2D eigenvalue weighted by atomic mass is 14.0. The molecule has 0 saturated heterocycles. The summed E-state index contributed by atoms with van der Waals surface area (Å²) >= 11 is 0. The minimum Gasteiger partial charge on any atom is -0.0622 e. The van der Waals surface area contributed by atoms with Crippen LogP contribution in [0.2, 0.25) is 0 Å². The van der Waals surface area contributed by atoms with Gasteiger partial charge in [-0.3, -0.25) is 0 Å². The molecule has 26 heavy (non-hydrogen) atoms. The van der Waals surface area contributed by atoms with E-state index in [1.54, 1.807) is 0 Å². The van der Waals surface area contributed by atoms with E-state index in [0.717, 1.165) is 0 Å². The van der Waals surface area contributed by atoms with E-state index in [1.807, 2.05) is 12.1 Å². The van der Waals surface area contributed by atoms with Crippen molar-refractivity contribution in [3.8, 4) is 22.3 Å². The van der Waals surface area contributed by atoms with Gasteiger partial charge < -0.3 is 0 Å². The third-order valence-electron chi connectivity index (χ3n) is 4.28. The number of benzene rings is 4. The van der Waals surface area contributed by atoms with Gasteiger partial charge in [-0.1, -0.05) is 120 Å². The van der Waals surface area contributed by atoms with E-state index in [-0.39, 0.29) is 0 Å². The van der Waals surface area contributed by atoms with Crippen LogP contribution >= 0.6 is 0 Å². The Bertz CT molecular complexity index is 920. The monoisotopic (exact) mass is 336 g/mol. The lowest BCUT2D eigenvalue weighted by Crippen LogP contribution is -1.77. The van der Waals surface area contributed by atoms with Gasteiger partial charge in [0.25, 0.3) is 0 Å². The van der Waals surface area contributed by atoms with E-state index in [4.69, 9.17) is 0 Å². The largest absolute Gasteiger partial charge is 0.0622 e. The summed E-state index contributed by atoms with van der Waals surface area (Å²) in [6, 6.07) is 38.0. The van der Waals surface area contributed by atoms with Gasteiger partial charge in [0, 0.05) is 0 Å². The maximum Gasteiger partial charge on any atom is -0.0181 e. The molecule has 0 unspecified atom stereocenters. The standard InChI is InChI=1S/2C13H12/c1-11-6-5-9-13(10-11)12-7-3-2-4-8-12;1-11-7-9-13(10-8-11)12-5-3-2-4-6-12/h2*2-10H,1H3. The Balaban J connectivity index is 0.000000151. The average molecular weight is 336 g/mol. The first-order valence-electron chi connectivity index (χ1n) is 8.96. The van der Waals surface area contributed by atoms with Gasteiger partial charge in [0.15, 0.2) is 0 Å². The summed E-state index contributed by atoms with van der Waals surface area (Å²) < 4.78 is 0. The Morgan fingerprint density at radius 3 is 1.35 bits per heavy atom. The maximum atomic E-state index is 2.20. The molecule has 0 aliphatic rings. The van der Waals surface area contributed by atoms with E-state index >= 15 is 0 Å². The molecule has 0 atom stereocenters. The van der Waals surface area contributed by atoms with Gasteiger partial charge in [-0.2, -0.15) is 0 Å². The molecule has 0 heteroatoms. The predicted octanol–water partition coefficient (Wildman–Crippen LogP) is 7.32. The SMILES string of the molecule is Cc1ccc(-c2ccccc2)cc1.Cc1cccc(-c2ccccc2)c1. The van der Waals surface area contributed by atoms with Gasteiger partial charge in [-0.25, -0.2) is 0 Å². The van der Waals surface area contributed by atoms with Crippen molar-refractivity contribution in [1.29, 1.82) is 0 Å². The Hall–Kier alpha value is -3.12. The molecule has 0 aliphatic heterocycles. The van der Waals surface area contributed by atoms with Gasteiger partial charge in [-0.15, -0.1) is 0 Å². The molecule has 0 aromatic heterocycles. The van der Waals surface area contributed by atoms with Crippen LogP contribution in [-0.4, -0.2) is 0 Å². The number of hydrogen-bond donors (Lipinski definition) is 0. The van der Waals surface area contributed by atoms with Crippen molar-refractivity contribution in [3.63, 3.8) is 0 Å². The highest BCUT2D eigenvalue weighted by Crippen LogP contribution is 2.19. The second-order valence-electron chi connectivity index (χ2n) is 6.47. The summed E-state index contributed by atoms with van der Waals surface area (Å²) in [6.07, 6.45) is 0. The highest BCUT2D eigenvalue weighted by Gasteiger charge is 1.95. The molecule has 0 amide bonds. The Labute approximate surface area is 156 Å². The number of rotatable bonds is 2. The van der Waals surface area contributed by atoms with Gasteiger partial charge in [0.05, 0.1) is 0 Å². The lowest BCUT2D eigenvalue weighted by atomic mass is 10.0. The molecule has 4 aromatic carbocycles. The lowest BCUT2D eigenvalue weighted by molar-refractivity contribution is 1.47. The zero-order valence-corrected chi connectivity index (χ0v) is 15.4. The second kappa shape index (κ2) is 8.82. The molecular formula is C26H24. The third kappa shape index (κ3) is 4.94. The summed E-state index contributed by atoms with van der Waals surface area (Å²) in [7, 11) is 0. The molecular weight excluding hydrogens is 312 g/mol. The molecule has 0 fully saturated rings. The van der Waals surface area contributed by atoms with E-state index in [0.29, 0.717) is 0 Å². The molecule has 0 aliphatic carbocycles. The minimum atomic E-state index is 1.28. The number of aryl methyl sites for hydroxylation is 2. The Kier molecular flexibility index (Phi) is 6.01. The van der Waals surface area contributed by atoms with Gasteiger partial charge in [0.2, 0.25) is 0 Å². The van der Waals surface area contributed by atoms with E-state index in [9.17, 15) is 0 Å². The summed E-state index contributed by atoms with van der Waals surface area (Å²) in [5, 5.41) is 0. The average Bonchev–Trinajstić information content (AvgIpc) is 2.70. The van der Waals surface area contributed by atoms with Crippen molar-refractivity contribution >= 4 is 0 Å². The molecule has 0 bridgehead atoms. The zero-order valence-electron chi connectivity index (χ0n) is 15.4. The molecule has 0 nitrogen and oxygen atoms in total. The predicted molar refractivity (Wildman–Crippen MR) is 113 cm³/mol. The van der Waals surface area contributed by atoms with Gasteiger partial charge >= 0.3 is 0 Å². The topological polar surface area (TPSA) is 0 Å². The summed E-state index contributed by atoms with van der Waals surface area (Å²) in [6.45, 7) is 4.22. The Morgan fingerprint density at radius 2 is 0.808 bits per heavy atom. The van der Waals surface area contributed by atoms with Gasteiger partial charge in [-0.05, 0) is 36.1 Å². The fourth-order valence-corrected chi connectivity index (χ4v) is 2.83. The summed E-state index contributed by atoms with van der Waals surface area (Å²) in [5.41, 5.74) is 7.75. The van der Waals surface area contributed by atoms with E-state index in [2.05, 4.69) is 111 Å². The second-order valence-corrected chi connectivity index (χ2v) is 6.47. The van der Waals surface area contributed by atoms with E-state index < -0.39 is 0 Å². The van der Waals surface area contributed by atoms with Crippen LogP contribution in [0.5, 0.6) is 0 Å². The fourth-order valence-electron chi connectivity index (χ4n) is 2.83. The number of hydrogen-bond acceptors (Lipinski definition) is 0.